The molecule has 0 bridgehead atoms. The summed E-state index contributed by atoms with van der Waals surface area (Å²) >= 11 is 3.36. The van der Waals surface area contributed by atoms with Gasteiger partial charge in [0.05, 0.1) is 5.52 Å². The Morgan fingerprint density at radius 1 is 1.54 bits per heavy atom. The second kappa shape index (κ2) is 2.96. The standard InChI is InChI=1S/C9H7BrN2O/c1-6-11-8(5-13)9-3-2-7(10)4-12(6)9/h2-5H,1H3. The van der Waals surface area contributed by atoms with E-state index in [9.17, 15) is 4.79 Å². The second-order valence-electron chi connectivity index (χ2n) is 2.76. The molecule has 0 aliphatic heterocycles. The molecule has 0 N–H and O–H groups in total. The SMILES string of the molecule is Cc1nc(C=O)c2ccc(Br)cn12. The first-order valence-corrected chi connectivity index (χ1v) is 4.61. The molecule has 0 aliphatic rings. The molecule has 0 fully saturated rings. The van der Waals surface area contributed by atoms with Crippen molar-refractivity contribution in [2.75, 3.05) is 0 Å². The topological polar surface area (TPSA) is 34.4 Å². The van der Waals surface area contributed by atoms with E-state index in [2.05, 4.69) is 20.9 Å². The van der Waals surface area contributed by atoms with Gasteiger partial charge in [-0.25, -0.2) is 4.98 Å². The summed E-state index contributed by atoms with van der Waals surface area (Å²) in [6.07, 6.45) is 2.67. The van der Waals surface area contributed by atoms with E-state index in [1.165, 1.54) is 0 Å². The molecule has 0 unspecified atom stereocenters. The molecule has 2 rings (SSSR count). The highest BCUT2D eigenvalue weighted by molar-refractivity contribution is 9.10. The van der Waals surface area contributed by atoms with E-state index in [0.29, 0.717) is 5.69 Å². The van der Waals surface area contributed by atoms with E-state index in [1.54, 1.807) is 0 Å². The highest BCUT2D eigenvalue weighted by Crippen LogP contribution is 2.16. The van der Waals surface area contributed by atoms with Crippen molar-refractivity contribution >= 4 is 27.7 Å². The van der Waals surface area contributed by atoms with Gasteiger partial charge in [-0.2, -0.15) is 0 Å². The van der Waals surface area contributed by atoms with Gasteiger partial charge >= 0.3 is 0 Å². The zero-order chi connectivity index (χ0) is 9.42. The van der Waals surface area contributed by atoms with E-state index in [4.69, 9.17) is 0 Å². The number of pyridine rings is 1. The highest BCUT2D eigenvalue weighted by atomic mass is 79.9. The van der Waals surface area contributed by atoms with Crippen LogP contribution in [0.4, 0.5) is 0 Å². The maximum atomic E-state index is 10.6. The van der Waals surface area contributed by atoms with Crippen LogP contribution in [0.15, 0.2) is 22.8 Å². The van der Waals surface area contributed by atoms with Crippen LogP contribution in [0.1, 0.15) is 16.3 Å². The zero-order valence-electron chi connectivity index (χ0n) is 6.99. The van der Waals surface area contributed by atoms with Gasteiger partial charge in [-0.1, -0.05) is 0 Å². The lowest BCUT2D eigenvalue weighted by Crippen LogP contribution is -1.86. The summed E-state index contributed by atoms with van der Waals surface area (Å²) in [4.78, 5) is 14.8. The summed E-state index contributed by atoms with van der Waals surface area (Å²) < 4.78 is 2.85. The predicted octanol–water partition coefficient (Wildman–Crippen LogP) is 2.22. The molecule has 13 heavy (non-hydrogen) atoms. The molecule has 0 aliphatic carbocycles. The molecule has 66 valence electrons. The van der Waals surface area contributed by atoms with E-state index < -0.39 is 0 Å². The number of aldehydes is 1. The van der Waals surface area contributed by atoms with Crippen LogP contribution in [0.2, 0.25) is 0 Å². The van der Waals surface area contributed by atoms with Crippen LogP contribution < -0.4 is 0 Å². The number of aryl methyl sites for hydroxylation is 1. The van der Waals surface area contributed by atoms with Gasteiger partial charge in [-0.15, -0.1) is 0 Å². The van der Waals surface area contributed by atoms with Crippen LogP contribution in [-0.4, -0.2) is 15.7 Å². The molecule has 0 saturated carbocycles. The molecule has 2 aromatic rings. The third kappa shape index (κ3) is 1.27. The van der Waals surface area contributed by atoms with E-state index >= 15 is 0 Å². The van der Waals surface area contributed by atoms with Crippen molar-refractivity contribution in [3.8, 4) is 0 Å². The highest BCUT2D eigenvalue weighted by Gasteiger charge is 2.06. The summed E-state index contributed by atoms with van der Waals surface area (Å²) in [6.45, 7) is 1.87. The number of fused-ring (bicyclic) bond motifs is 1. The monoisotopic (exact) mass is 238 g/mol. The van der Waals surface area contributed by atoms with Crippen LogP contribution in [0.5, 0.6) is 0 Å². The first kappa shape index (κ1) is 8.44. The number of carbonyl (C=O) groups is 1. The lowest BCUT2D eigenvalue weighted by Gasteiger charge is -1.96. The summed E-state index contributed by atoms with van der Waals surface area (Å²) in [5, 5.41) is 0. The normalized spacial score (nSPS) is 10.6. The minimum absolute atomic E-state index is 0.491. The molecule has 0 amide bonds. The van der Waals surface area contributed by atoms with Gasteiger partial charge in [-0.3, -0.25) is 4.79 Å². The van der Waals surface area contributed by atoms with Crippen molar-refractivity contribution in [2.45, 2.75) is 6.92 Å². The Morgan fingerprint density at radius 2 is 2.31 bits per heavy atom. The Hall–Kier alpha value is -1.16. The Morgan fingerprint density at radius 3 is 3.00 bits per heavy atom. The number of halogens is 1. The molecular formula is C9H7BrN2O. The number of nitrogens with zero attached hydrogens (tertiary/aromatic N) is 2. The van der Waals surface area contributed by atoms with Crippen molar-refractivity contribution in [1.82, 2.24) is 9.38 Å². The third-order valence-electron chi connectivity index (χ3n) is 1.92. The molecule has 0 atom stereocenters. The number of carbonyl (C=O) groups excluding carboxylic acids is 1. The van der Waals surface area contributed by atoms with Crippen molar-refractivity contribution in [3.63, 3.8) is 0 Å². The summed E-state index contributed by atoms with van der Waals surface area (Å²) in [5.74, 6) is 0.818. The van der Waals surface area contributed by atoms with Crippen molar-refractivity contribution in [2.24, 2.45) is 0 Å². The minimum Gasteiger partial charge on any atom is -0.302 e. The number of hydrogen-bond acceptors (Lipinski definition) is 2. The zero-order valence-corrected chi connectivity index (χ0v) is 8.58. The largest absolute Gasteiger partial charge is 0.302 e. The van der Waals surface area contributed by atoms with Gasteiger partial charge in [-0.05, 0) is 35.0 Å². The van der Waals surface area contributed by atoms with Crippen LogP contribution in [0, 0.1) is 6.92 Å². The smallest absolute Gasteiger partial charge is 0.170 e. The Bertz CT molecular complexity index is 476. The second-order valence-corrected chi connectivity index (χ2v) is 3.68. The first-order valence-electron chi connectivity index (χ1n) is 3.82. The predicted molar refractivity (Wildman–Crippen MR) is 53.0 cm³/mol. The lowest BCUT2D eigenvalue weighted by atomic mass is 10.3. The van der Waals surface area contributed by atoms with E-state index in [-0.39, 0.29) is 0 Å². The molecule has 0 aromatic carbocycles. The van der Waals surface area contributed by atoms with Gasteiger partial charge in [0.15, 0.2) is 6.29 Å². The Labute approximate surface area is 83.5 Å². The van der Waals surface area contributed by atoms with Crippen LogP contribution in [0.3, 0.4) is 0 Å². The van der Waals surface area contributed by atoms with E-state index in [0.717, 1.165) is 22.1 Å². The molecule has 0 spiro atoms. The average Bonchev–Trinajstić information content (AvgIpc) is 2.43. The fourth-order valence-corrected chi connectivity index (χ4v) is 1.66. The Balaban J connectivity index is 2.88. The van der Waals surface area contributed by atoms with E-state index in [1.807, 2.05) is 29.7 Å². The fourth-order valence-electron chi connectivity index (χ4n) is 1.32. The van der Waals surface area contributed by atoms with Gasteiger partial charge < -0.3 is 4.40 Å². The number of rotatable bonds is 1. The number of hydrogen-bond donors (Lipinski definition) is 0. The van der Waals surface area contributed by atoms with Crippen molar-refractivity contribution < 1.29 is 4.79 Å². The summed E-state index contributed by atoms with van der Waals surface area (Å²) in [6, 6.07) is 3.76. The minimum atomic E-state index is 0.491. The quantitative estimate of drug-likeness (QED) is 0.715. The molecule has 4 heteroatoms. The van der Waals surface area contributed by atoms with Gasteiger partial charge in [0, 0.05) is 10.7 Å². The van der Waals surface area contributed by atoms with Gasteiger partial charge in [0.1, 0.15) is 11.5 Å². The van der Waals surface area contributed by atoms with Crippen LogP contribution >= 0.6 is 15.9 Å². The van der Waals surface area contributed by atoms with Gasteiger partial charge in [0.2, 0.25) is 0 Å². The Kier molecular flexibility index (Phi) is 1.92. The molecule has 0 saturated heterocycles. The lowest BCUT2D eigenvalue weighted by molar-refractivity contribution is 0.112. The summed E-state index contributed by atoms with van der Waals surface area (Å²) in [7, 11) is 0. The number of imidazole rings is 1. The molecule has 0 radical (unpaired) electrons. The molecule has 2 heterocycles. The van der Waals surface area contributed by atoms with Crippen molar-refractivity contribution in [3.05, 3.63) is 34.3 Å². The first-order chi connectivity index (χ1) is 6.22. The van der Waals surface area contributed by atoms with Crippen molar-refractivity contribution in [1.29, 1.82) is 0 Å². The maximum absolute atomic E-state index is 10.6. The van der Waals surface area contributed by atoms with Gasteiger partial charge in [0.25, 0.3) is 0 Å². The molecule has 3 nitrogen and oxygen atoms in total. The average molecular weight is 239 g/mol. The molecule has 2 aromatic heterocycles. The third-order valence-corrected chi connectivity index (χ3v) is 2.39. The molecular weight excluding hydrogens is 232 g/mol. The fraction of sp³-hybridized carbons (Fsp3) is 0.111. The number of aromatic nitrogens is 2. The maximum Gasteiger partial charge on any atom is 0.170 e. The summed E-state index contributed by atoms with van der Waals surface area (Å²) in [5.41, 5.74) is 1.33. The van der Waals surface area contributed by atoms with Crippen LogP contribution in [-0.2, 0) is 0 Å². The van der Waals surface area contributed by atoms with Crippen LogP contribution in [0.25, 0.3) is 5.52 Å².